The molecule has 1 unspecified atom stereocenters. The molecule has 1 aliphatic heterocycles. The summed E-state index contributed by atoms with van der Waals surface area (Å²) in [7, 11) is 0. The van der Waals surface area contributed by atoms with Gasteiger partial charge in [-0.2, -0.15) is 0 Å². The zero-order valence-electron chi connectivity index (χ0n) is 10.4. The van der Waals surface area contributed by atoms with Crippen LogP contribution in [0.5, 0.6) is 0 Å². The number of rotatable bonds is 4. The minimum absolute atomic E-state index is 0.0724. The Labute approximate surface area is 107 Å². The van der Waals surface area contributed by atoms with Crippen LogP contribution in [-0.4, -0.2) is 31.0 Å². The molecule has 0 aromatic heterocycles. The molecule has 100 valence electrons. The van der Waals surface area contributed by atoms with Crippen LogP contribution in [0.15, 0.2) is 24.3 Å². The lowest BCUT2D eigenvalue weighted by Gasteiger charge is -2.39. The van der Waals surface area contributed by atoms with E-state index in [2.05, 4.69) is 0 Å². The van der Waals surface area contributed by atoms with E-state index in [0.717, 1.165) is 12.8 Å². The van der Waals surface area contributed by atoms with E-state index in [-0.39, 0.29) is 23.9 Å². The van der Waals surface area contributed by atoms with Crippen LogP contribution in [0.4, 0.5) is 4.39 Å². The lowest BCUT2D eigenvalue weighted by molar-refractivity contribution is 0.0403. The van der Waals surface area contributed by atoms with Gasteiger partial charge < -0.3 is 15.6 Å². The molecule has 18 heavy (non-hydrogen) atoms. The minimum Gasteiger partial charge on any atom is -0.395 e. The molecule has 2 rings (SSSR count). The van der Waals surface area contributed by atoms with E-state index in [1.807, 2.05) is 12.1 Å². The van der Waals surface area contributed by atoms with Crippen molar-refractivity contribution in [2.75, 3.05) is 19.8 Å². The second kappa shape index (κ2) is 5.78. The predicted molar refractivity (Wildman–Crippen MR) is 67.8 cm³/mol. The van der Waals surface area contributed by atoms with Crippen LogP contribution in [0, 0.1) is 5.82 Å². The molecule has 1 heterocycles. The van der Waals surface area contributed by atoms with E-state index >= 15 is 0 Å². The second-order valence-corrected chi connectivity index (χ2v) is 5.02. The number of benzene rings is 1. The summed E-state index contributed by atoms with van der Waals surface area (Å²) in [5.41, 5.74) is 6.27. The maximum Gasteiger partial charge on any atom is 0.126 e. The third-order valence-electron chi connectivity index (χ3n) is 3.78. The highest BCUT2D eigenvalue weighted by molar-refractivity contribution is 5.28. The van der Waals surface area contributed by atoms with Crippen LogP contribution in [-0.2, 0) is 10.2 Å². The van der Waals surface area contributed by atoms with Gasteiger partial charge in [0.2, 0.25) is 0 Å². The maximum absolute atomic E-state index is 14.0. The lowest BCUT2D eigenvalue weighted by atomic mass is 9.70. The molecule has 0 saturated carbocycles. The van der Waals surface area contributed by atoms with Crippen molar-refractivity contribution >= 4 is 0 Å². The third-order valence-corrected chi connectivity index (χ3v) is 3.78. The van der Waals surface area contributed by atoms with Gasteiger partial charge in [0.25, 0.3) is 0 Å². The number of aliphatic hydroxyl groups is 1. The topological polar surface area (TPSA) is 55.5 Å². The third kappa shape index (κ3) is 2.71. The fourth-order valence-corrected chi connectivity index (χ4v) is 2.80. The number of aliphatic hydroxyl groups excluding tert-OH is 1. The van der Waals surface area contributed by atoms with Crippen molar-refractivity contribution in [2.45, 2.75) is 30.7 Å². The largest absolute Gasteiger partial charge is 0.395 e. The van der Waals surface area contributed by atoms with Gasteiger partial charge in [-0.3, -0.25) is 0 Å². The van der Waals surface area contributed by atoms with Gasteiger partial charge in [-0.1, -0.05) is 18.2 Å². The van der Waals surface area contributed by atoms with Crippen molar-refractivity contribution in [1.29, 1.82) is 0 Å². The summed E-state index contributed by atoms with van der Waals surface area (Å²) in [6.45, 7) is 1.16. The number of ether oxygens (including phenoxy) is 1. The molecule has 1 saturated heterocycles. The van der Waals surface area contributed by atoms with Crippen LogP contribution < -0.4 is 5.73 Å². The van der Waals surface area contributed by atoms with E-state index in [1.54, 1.807) is 6.07 Å². The van der Waals surface area contributed by atoms with Crippen LogP contribution in [0.1, 0.15) is 24.8 Å². The average molecular weight is 253 g/mol. The minimum atomic E-state index is -0.317. The van der Waals surface area contributed by atoms with E-state index in [1.165, 1.54) is 6.07 Å². The average Bonchev–Trinajstić information content (AvgIpc) is 2.40. The molecule has 1 atom stereocenters. The molecule has 1 aliphatic rings. The Bertz CT molecular complexity index is 391. The molecule has 1 fully saturated rings. The fourth-order valence-electron chi connectivity index (χ4n) is 2.80. The Kier molecular flexibility index (Phi) is 4.32. The highest BCUT2D eigenvalue weighted by atomic mass is 19.1. The normalized spacial score (nSPS) is 20.6. The van der Waals surface area contributed by atoms with Crippen LogP contribution in [0.3, 0.4) is 0 Å². The molecular weight excluding hydrogens is 233 g/mol. The van der Waals surface area contributed by atoms with E-state index < -0.39 is 0 Å². The van der Waals surface area contributed by atoms with Crippen molar-refractivity contribution in [1.82, 2.24) is 0 Å². The van der Waals surface area contributed by atoms with Crippen molar-refractivity contribution in [2.24, 2.45) is 5.73 Å². The number of hydrogen-bond donors (Lipinski definition) is 2. The first kappa shape index (κ1) is 13.5. The van der Waals surface area contributed by atoms with Crippen LogP contribution in [0.25, 0.3) is 0 Å². The Morgan fingerprint density at radius 3 is 2.61 bits per heavy atom. The first-order valence-electron chi connectivity index (χ1n) is 6.37. The van der Waals surface area contributed by atoms with Gasteiger partial charge in [0.05, 0.1) is 6.61 Å². The Hall–Kier alpha value is -0.970. The smallest absolute Gasteiger partial charge is 0.126 e. The molecular formula is C14H20FNO2. The number of halogens is 1. The Balaban J connectivity index is 2.32. The molecule has 0 bridgehead atoms. The number of hydrogen-bond acceptors (Lipinski definition) is 3. The first-order valence-corrected chi connectivity index (χ1v) is 6.37. The van der Waals surface area contributed by atoms with Crippen LogP contribution >= 0.6 is 0 Å². The SMILES string of the molecule is NC(CO)CC1(c2ccccc2F)CCOCC1. The molecule has 1 aromatic rings. The van der Waals surface area contributed by atoms with Gasteiger partial charge in [0.15, 0.2) is 0 Å². The summed E-state index contributed by atoms with van der Waals surface area (Å²) in [5.74, 6) is -0.190. The van der Waals surface area contributed by atoms with Crippen molar-refractivity contribution in [3.05, 3.63) is 35.6 Å². The summed E-state index contributed by atoms with van der Waals surface area (Å²) in [5, 5.41) is 9.15. The highest BCUT2D eigenvalue weighted by Gasteiger charge is 2.37. The van der Waals surface area contributed by atoms with Gasteiger partial charge in [0, 0.05) is 24.7 Å². The predicted octanol–water partition coefficient (Wildman–Crippen LogP) is 1.58. The Morgan fingerprint density at radius 2 is 2.00 bits per heavy atom. The molecule has 0 spiro atoms. The van der Waals surface area contributed by atoms with Gasteiger partial charge in [-0.15, -0.1) is 0 Å². The molecule has 0 radical (unpaired) electrons. The van der Waals surface area contributed by atoms with Crippen molar-refractivity contribution in [3.63, 3.8) is 0 Å². The molecule has 3 nitrogen and oxygen atoms in total. The zero-order chi connectivity index (χ0) is 13.0. The van der Waals surface area contributed by atoms with Gasteiger partial charge in [-0.25, -0.2) is 4.39 Å². The fraction of sp³-hybridized carbons (Fsp3) is 0.571. The Morgan fingerprint density at radius 1 is 1.33 bits per heavy atom. The van der Waals surface area contributed by atoms with Gasteiger partial charge in [-0.05, 0) is 30.9 Å². The quantitative estimate of drug-likeness (QED) is 0.856. The summed E-state index contributed by atoms with van der Waals surface area (Å²) >= 11 is 0. The second-order valence-electron chi connectivity index (χ2n) is 5.02. The molecule has 0 aliphatic carbocycles. The van der Waals surface area contributed by atoms with Crippen LogP contribution in [0.2, 0.25) is 0 Å². The summed E-state index contributed by atoms with van der Waals surface area (Å²) in [4.78, 5) is 0. The summed E-state index contributed by atoms with van der Waals surface area (Å²) < 4.78 is 19.4. The van der Waals surface area contributed by atoms with Crippen molar-refractivity contribution in [3.8, 4) is 0 Å². The molecule has 1 aromatic carbocycles. The van der Waals surface area contributed by atoms with Gasteiger partial charge >= 0.3 is 0 Å². The summed E-state index contributed by atoms with van der Waals surface area (Å²) in [6.07, 6.45) is 2.09. The van der Waals surface area contributed by atoms with E-state index in [9.17, 15) is 4.39 Å². The monoisotopic (exact) mass is 253 g/mol. The molecule has 3 N–H and O–H groups in total. The highest BCUT2D eigenvalue weighted by Crippen LogP contribution is 2.39. The standard InChI is InChI=1S/C14H20FNO2/c15-13-4-2-1-3-12(13)14(9-11(16)10-17)5-7-18-8-6-14/h1-4,11,17H,5-10,16H2. The van der Waals surface area contributed by atoms with E-state index in [4.69, 9.17) is 15.6 Å². The van der Waals surface area contributed by atoms with E-state index in [0.29, 0.717) is 25.2 Å². The first-order chi connectivity index (χ1) is 8.68. The maximum atomic E-state index is 14.0. The molecule has 0 amide bonds. The summed E-state index contributed by atoms with van der Waals surface area (Å²) in [6, 6.07) is 6.53. The lowest BCUT2D eigenvalue weighted by Crippen LogP contribution is -2.41. The van der Waals surface area contributed by atoms with Gasteiger partial charge in [0.1, 0.15) is 5.82 Å². The number of nitrogens with two attached hydrogens (primary N) is 1. The zero-order valence-corrected chi connectivity index (χ0v) is 10.4. The molecule has 4 heteroatoms. The van der Waals surface area contributed by atoms with Crippen molar-refractivity contribution < 1.29 is 14.2 Å².